The quantitative estimate of drug-likeness (QED) is 0.913. The first kappa shape index (κ1) is 13.8. The third-order valence-corrected chi connectivity index (χ3v) is 4.20. The van der Waals surface area contributed by atoms with Crippen molar-refractivity contribution >= 4 is 11.6 Å². The molecule has 2 rings (SSSR count). The van der Waals surface area contributed by atoms with Gasteiger partial charge in [-0.3, -0.25) is 4.90 Å². The summed E-state index contributed by atoms with van der Waals surface area (Å²) in [7, 11) is 0. The van der Waals surface area contributed by atoms with Crippen LogP contribution in [0.4, 0.5) is 4.39 Å². The fraction of sp³-hybridized carbons (Fsp3) is 0.571. The van der Waals surface area contributed by atoms with E-state index in [2.05, 4.69) is 18.7 Å². The number of rotatable bonds is 3. The number of halogens is 2. The molecule has 0 spiro atoms. The van der Waals surface area contributed by atoms with E-state index in [9.17, 15) is 4.39 Å². The standard InChI is InChI=1S/C14H20ClFN2/c1-14(2)7-4-8-18(14)12(9-17)10-5-3-6-11(15)13(10)16/h3,5-6,12H,4,7-9,17H2,1-2H3. The molecular formula is C14H20ClFN2. The van der Waals surface area contributed by atoms with Crippen LogP contribution in [0.2, 0.25) is 5.02 Å². The van der Waals surface area contributed by atoms with Gasteiger partial charge < -0.3 is 5.73 Å². The topological polar surface area (TPSA) is 29.3 Å². The molecule has 0 bridgehead atoms. The second-order valence-corrected chi connectivity index (χ2v) is 5.91. The van der Waals surface area contributed by atoms with Crippen molar-refractivity contribution in [3.63, 3.8) is 0 Å². The molecule has 100 valence electrons. The van der Waals surface area contributed by atoms with E-state index >= 15 is 0 Å². The van der Waals surface area contributed by atoms with Gasteiger partial charge in [-0.15, -0.1) is 0 Å². The molecular weight excluding hydrogens is 251 g/mol. The Balaban J connectivity index is 2.37. The molecule has 4 heteroatoms. The molecule has 1 heterocycles. The maximum Gasteiger partial charge on any atom is 0.146 e. The zero-order chi connectivity index (χ0) is 13.3. The van der Waals surface area contributed by atoms with Gasteiger partial charge >= 0.3 is 0 Å². The molecule has 2 N–H and O–H groups in total. The zero-order valence-electron chi connectivity index (χ0n) is 10.9. The summed E-state index contributed by atoms with van der Waals surface area (Å²) in [4.78, 5) is 2.29. The van der Waals surface area contributed by atoms with Gasteiger partial charge in [0.1, 0.15) is 5.82 Å². The van der Waals surface area contributed by atoms with Crippen molar-refractivity contribution in [3.8, 4) is 0 Å². The van der Waals surface area contributed by atoms with Gasteiger partial charge in [0, 0.05) is 17.6 Å². The minimum absolute atomic E-state index is 0.0682. The van der Waals surface area contributed by atoms with Crippen molar-refractivity contribution in [1.29, 1.82) is 0 Å². The lowest BCUT2D eigenvalue weighted by molar-refractivity contribution is 0.117. The lowest BCUT2D eigenvalue weighted by Crippen LogP contribution is -2.43. The highest BCUT2D eigenvalue weighted by Gasteiger charge is 2.37. The minimum Gasteiger partial charge on any atom is -0.329 e. The second kappa shape index (κ2) is 5.16. The van der Waals surface area contributed by atoms with Gasteiger partial charge in [0.15, 0.2) is 0 Å². The van der Waals surface area contributed by atoms with E-state index in [-0.39, 0.29) is 22.4 Å². The molecule has 1 aromatic carbocycles. The minimum atomic E-state index is -0.336. The molecule has 1 unspecified atom stereocenters. The van der Waals surface area contributed by atoms with Crippen LogP contribution in [-0.2, 0) is 0 Å². The van der Waals surface area contributed by atoms with Gasteiger partial charge in [-0.25, -0.2) is 4.39 Å². The van der Waals surface area contributed by atoms with Crippen LogP contribution in [0.25, 0.3) is 0 Å². The van der Waals surface area contributed by atoms with Gasteiger partial charge in [-0.1, -0.05) is 23.7 Å². The van der Waals surface area contributed by atoms with E-state index in [0.29, 0.717) is 12.1 Å². The molecule has 0 radical (unpaired) electrons. The molecule has 0 aliphatic carbocycles. The van der Waals surface area contributed by atoms with Crippen molar-refractivity contribution in [2.75, 3.05) is 13.1 Å². The van der Waals surface area contributed by atoms with E-state index < -0.39 is 0 Å². The smallest absolute Gasteiger partial charge is 0.146 e. The van der Waals surface area contributed by atoms with Crippen LogP contribution in [0, 0.1) is 5.82 Å². The number of hydrogen-bond donors (Lipinski definition) is 1. The Kier molecular flexibility index (Phi) is 3.95. The molecule has 0 saturated carbocycles. The van der Waals surface area contributed by atoms with Gasteiger partial charge in [0.2, 0.25) is 0 Å². The summed E-state index contributed by atoms with van der Waals surface area (Å²) in [5.41, 5.74) is 6.55. The molecule has 1 fully saturated rings. The Morgan fingerprint density at radius 3 is 2.78 bits per heavy atom. The predicted molar refractivity (Wildman–Crippen MR) is 73.2 cm³/mol. The van der Waals surface area contributed by atoms with E-state index in [1.807, 2.05) is 0 Å². The van der Waals surface area contributed by atoms with Crippen molar-refractivity contribution in [2.24, 2.45) is 5.73 Å². The number of nitrogens with zero attached hydrogens (tertiary/aromatic N) is 1. The first-order valence-corrected chi connectivity index (χ1v) is 6.76. The van der Waals surface area contributed by atoms with Crippen molar-refractivity contribution < 1.29 is 4.39 Å². The van der Waals surface area contributed by atoms with Crippen molar-refractivity contribution in [3.05, 3.63) is 34.6 Å². The molecule has 2 nitrogen and oxygen atoms in total. The molecule has 1 aliphatic heterocycles. The highest BCUT2D eigenvalue weighted by Crippen LogP contribution is 2.37. The molecule has 1 aromatic rings. The van der Waals surface area contributed by atoms with Crippen LogP contribution in [0.15, 0.2) is 18.2 Å². The van der Waals surface area contributed by atoms with Crippen LogP contribution < -0.4 is 5.73 Å². The van der Waals surface area contributed by atoms with Crippen LogP contribution in [0.3, 0.4) is 0 Å². The number of hydrogen-bond acceptors (Lipinski definition) is 2. The number of likely N-dealkylation sites (tertiary alicyclic amines) is 1. The molecule has 0 aromatic heterocycles. The summed E-state index contributed by atoms with van der Waals surface area (Å²) in [6.45, 7) is 5.73. The van der Waals surface area contributed by atoms with Crippen LogP contribution >= 0.6 is 11.6 Å². The Labute approximate surface area is 113 Å². The predicted octanol–water partition coefficient (Wildman–Crippen LogP) is 3.35. The Morgan fingerprint density at radius 2 is 2.22 bits per heavy atom. The average Bonchev–Trinajstić information content (AvgIpc) is 2.66. The van der Waals surface area contributed by atoms with Gasteiger partial charge in [-0.05, 0) is 39.3 Å². The van der Waals surface area contributed by atoms with E-state index in [1.54, 1.807) is 18.2 Å². The van der Waals surface area contributed by atoms with E-state index in [0.717, 1.165) is 19.4 Å². The largest absolute Gasteiger partial charge is 0.329 e. The SMILES string of the molecule is CC1(C)CCCN1C(CN)c1cccc(Cl)c1F. The lowest BCUT2D eigenvalue weighted by atomic mass is 9.97. The van der Waals surface area contributed by atoms with Gasteiger partial charge in [0.05, 0.1) is 11.1 Å². The summed E-state index contributed by atoms with van der Waals surface area (Å²) >= 11 is 5.86. The zero-order valence-corrected chi connectivity index (χ0v) is 11.7. The Bertz CT molecular complexity index is 434. The summed E-state index contributed by atoms with van der Waals surface area (Å²) in [6.07, 6.45) is 2.25. The van der Waals surface area contributed by atoms with Crippen molar-refractivity contribution in [1.82, 2.24) is 4.90 Å². The third-order valence-electron chi connectivity index (χ3n) is 3.91. The maximum atomic E-state index is 14.1. The van der Waals surface area contributed by atoms with Crippen LogP contribution in [0.5, 0.6) is 0 Å². The first-order valence-electron chi connectivity index (χ1n) is 6.38. The molecule has 18 heavy (non-hydrogen) atoms. The molecule has 1 saturated heterocycles. The van der Waals surface area contributed by atoms with Gasteiger partial charge in [0.25, 0.3) is 0 Å². The maximum absolute atomic E-state index is 14.1. The lowest BCUT2D eigenvalue weighted by Gasteiger charge is -2.38. The summed E-state index contributed by atoms with van der Waals surface area (Å²) in [5.74, 6) is -0.336. The van der Waals surface area contributed by atoms with E-state index in [1.165, 1.54) is 0 Å². The number of benzene rings is 1. The first-order chi connectivity index (χ1) is 8.47. The highest BCUT2D eigenvalue weighted by molar-refractivity contribution is 6.30. The van der Waals surface area contributed by atoms with Crippen molar-refractivity contribution in [2.45, 2.75) is 38.3 Å². The summed E-state index contributed by atoms with van der Waals surface area (Å²) in [5, 5.41) is 0.169. The Hall–Kier alpha value is -0.640. The van der Waals surface area contributed by atoms with Crippen LogP contribution in [0.1, 0.15) is 38.3 Å². The van der Waals surface area contributed by atoms with E-state index in [4.69, 9.17) is 17.3 Å². The normalized spacial score (nSPS) is 21.2. The third kappa shape index (κ3) is 2.40. The highest BCUT2D eigenvalue weighted by atomic mass is 35.5. The van der Waals surface area contributed by atoms with Gasteiger partial charge in [-0.2, -0.15) is 0 Å². The second-order valence-electron chi connectivity index (χ2n) is 5.50. The van der Waals surface area contributed by atoms with Crippen LogP contribution in [-0.4, -0.2) is 23.5 Å². The molecule has 1 atom stereocenters. The summed E-state index contributed by atoms with van der Waals surface area (Å²) in [6, 6.07) is 5.05. The Morgan fingerprint density at radius 1 is 1.50 bits per heavy atom. The fourth-order valence-corrected chi connectivity index (χ4v) is 3.09. The number of nitrogens with two attached hydrogens (primary N) is 1. The fourth-order valence-electron chi connectivity index (χ4n) is 2.91. The summed E-state index contributed by atoms with van der Waals surface area (Å²) < 4.78 is 14.1. The monoisotopic (exact) mass is 270 g/mol. The average molecular weight is 271 g/mol. The molecule has 0 amide bonds. The molecule has 1 aliphatic rings.